The van der Waals surface area contributed by atoms with Gasteiger partial charge in [-0.1, -0.05) is 6.07 Å². The van der Waals surface area contributed by atoms with Gasteiger partial charge in [0.1, 0.15) is 17.6 Å². The van der Waals surface area contributed by atoms with Gasteiger partial charge in [0.25, 0.3) is 0 Å². The van der Waals surface area contributed by atoms with Gasteiger partial charge in [-0.15, -0.1) is 11.3 Å². The van der Waals surface area contributed by atoms with Gasteiger partial charge in [-0.2, -0.15) is 0 Å². The van der Waals surface area contributed by atoms with Gasteiger partial charge in [-0.05, 0) is 30.0 Å². The Morgan fingerprint density at radius 1 is 1.12 bits per heavy atom. The Kier molecular flexibility index (Phi) is 3.67. The first kappa shape index (κ1) is 15.5. The Morgan fingerprint density at radius 2 is 2.04 bits per heavy atom. The molecule has 26 heavy (non-hydrogen) atoms. The quantitative estimate of drug-likeness (QED) is 0.703. The highest BCUT2D eigenvalue weighted by Crippen LogP contribution is 2.34. The van der Waals surface area contributed by atoms with Crippen LogP contribution in [0.1, 0.15) is 28.7 Å². The number of pyridine rings is 1. The van der Waals surface area contributed by atoms with Crippen molar-refractivity contribution in [3.63, 3.8) is 0 Å². The fourth-order valence-corrected chi connectivity index (χ4v) is 4.05. The van der Waals surface area contributed by atoms with Crippen LogP contribution in [-0.4, -0.2) is 44.1 Å². The predicted octanol–water partition coefficient (Wildman–Crippen LogP) is 3.20. The molecule has 1 atom stereocenters. The van der Waals surface area contributed by atoms with Crippen LogP contribution < -0.4 is 0 Å². The third kappa shape index (κ3) is 2.47. The summed E-state index contributed by atoms with van der Waals surface area (Å²) in [7, 11) is 1.99. The molecule has 0 spiro atoms. The number of likely N-dealkylation sites (tertiary alicyclic amines) is 1. The van der Waals surface area contributed by atoms with Gasteiger partial charge in [-0.3, -0.25) is 4.99 Å². The number of aryl methyl sites for hydroxylation is 1. The summed E-state index contributed by atoms with van der Waals surface area (Å²) in [6, 6.07) is 8.04. The average Bonchev–Trinajstić information content (AvgIpc) is 3.24. The summed E-state index contributed by atoms with van der Waals surface area (Å²) < 4.78 is 2.00. The Bertz CT molecular complexity index is 997. The third-order valence-corrected chi connectivity index (χ3v) is 5.72. The number of fused-ring (bicyclic) bond motifs is 1. The maximum Gasteiger partial charge on any atom is 0.163 e. The van der Waals surface area contributed by atoms with Gasteiger partial charge in [0.05, 0.1) is 0 Å². The molecule has 0 aliphatic carbocycles. The molecule has 2 aliphatic rings. The predicted molar refractivity (Wildman–Crippen MR) is 103 cm³/mol. The van der Waals surface area contributed by atoms with Gasteiger partial charge >= 0.3 is 0 Å². The lowest BCUT2D eigenvalue weighted by molar-refractivity contribution is 0.291. The maximum atomic E-state index is 5.18. The monoisotopic (exact) mass is 362 g/mol. The van der Waals surface area contributed by atoms with E-state index in [0.29, 0.717) is 0 Å². The van der Waals surface area contributed by atoms with Gasteiger partial charge in [-0.25, -0.2) is 15.0 Å². The summed E-state index contributed by atoms with van der Waals surface area (Å²) in [5, 5.41) is 2.09. The first-order valence-corrected chi connectivity index (χ1v) is 9.57. The Labute approximate surface area is 155 Å². The van der Waals surface area contributed by atoms with Crippen molar-refractivity contribution in [3.8, 4) is 0 Å². The van der Waals surface area contributed by atoms with Crippen molar-refractivity contribution in [1.82, 2.24) is 19.4 Å². The second-order valence-corrected chi connectivity index (χ2v) is 7.42. The summed E-state index contributed by atoms with van der Waals surface area (Å²) in [6.45, 7) is 2.05. The zero-order chi connectivity index (χ0) is 17.5. The van der Waals surface area contributed by atoms with E-state index in [1.165, 1.54) is 11.3 Å². The van der Waals surface area contributed by atoms with Crippen LogP contribution in [-0.2, 0) is 7.05 Å². The minimum atomic E-state index is -0.129. The summed E-state index contributed by atoms with van der Waals surface area (Å²) in [5.41, 5.74) is 1.78. The van der Waals surface area contributed by atoms with Crippen LogP contribution in [0.4, 0.5) is 5.82 Å². The molecule has 1 unspecified atom stereocenters. The second kappa shape index (κ2) is 6.17. The highest BCUT2D eigenvalue weighted by atomic mass is 32.1. The summed E-state index contributed by atoms with van der Waals surface area (Å²) in [5.74, 6) is 2.54. The average molecular weight is 362 g/mol. The van der Waals surface area contributed by atoms with Crippen molar-refractivity contribution < 1.29 is 0 Å². The zero-order valence-electron chi connectivity index (χ0n) is 14.4. The number of rotatable bonds is 2. The molecular formula is C19H18N6S. The first-order chi connectivity index (χ1) is 12.8. The van der Waals surface area contributed by atoms with Crippen molar-refractivity contribution in [2.24, 2.45) is 17.0 Å². The SMILES string of the molecule is Cn1ccnc1C1=NC(c2cccs2)C(N2CCC2)=Nc2ncccc21. The molecule has 0 amide bonds. The molecule has 5 rings (SSSR count). The maximum absolute atomic E-state index is 5.18. The van der Waals surface area contributed by atoms with Crippen LogP contribution >= 0.6 is 11.3 Å². The molecule has 2 aliphatic heterocycles. The molecule has 5 heterocycles. The molecule has 0 saturated carbocycles. The molecular weight excluding hydrogens is 344 g/mol. The second-order valence-electron chi connectivity index (χ2n) is 6.44. The fraction of sp³-hybridized carbons (Fsp3) is 0.263. The van der Waals surface area contributed by atoms with Crippen molar-refractivity contribution >= 4 is 28.7 Å². The molecule has 6 nitrogen and oxygen atoms in total. The first-order valence-electron chi connectivity index (χ1n) is 8.69. The number of thiophene rings is 1. The third-order valence-electron chi connectivity index (χ3n) is 4.79. The summed E-state index contributed by atoms with van der Waals surface area (Å²) in [4.78, 5) is 22.7. The minimum Gasteiger partial charge on any atom is -0.358 e. The molecule has 0 aromatic carbocycles. The number of hydrogen-bond donors (Lipinski definition) is 0. The molecule has 1 fully saturated rings. The van der Waals surface area contributed by atoms with E-state index in [1.54, 1.807) is 23.7 Å². The smallest absolute Gasteiger partial charge is 0.163 e. The molecule has 0 bridgehead atoms. The Morgan fingerprint density at radius 3 is 2.73 bits per heavy atom. The van der Waals surface area contributed by atoms with E-state index in [1.807, 2.05) is 29.9 Å². The van der Waals surface area contributed by atoms with Crippen LogP contribution in [0.15, 0.2) is 58.2 Å². The van der Waals surface area contributed by atoms with Gasteiger partial charge in [0.15, 0.2) is 11.6 Å². The van der Waals surface area contributed by atoms with Crippen molar-refractivity contribution in [1.29, 1.82) is 0 Å². The van der Waals surface area contributed by atoms with Gasteiger partial charge < -0.3 is 9.47 Å². The van der Waals surface area contributed by atoms with Crippen molar-refractivity contribution in [2.45, 2.75) is 12.5 Å². The number of imidazole rings is 1. The lowest BCUT2D eigenvalue weighted by atomic mass is 10.1. The van der Waals surface area contributed by atoms with E-state index in [0.717, 1.165) is 41.8 Å². The number of aliphatic imine (C=N–C) groups is 2. The van der Waals surface area contributed by atoms with Crippen LogP contribution in [0, 0.1) is 0 Å². The molecule has 130 valence electrons. The minimum absolute atomic E-state index is 0.129. The highest BCUT2D eigenvalue weighted by Gasteiger charge is 2.32. The summed E-state index contributed by atoms with van der Waals surface area (Å²) >= 11 is 1.71. The van der Waals surface area contributed by atoms with Crippen molar-refractivity contribution in [3.05, 3.63) is 64.5 Å². The van der Waals surface area contributed by atoms with Gasteiger partial charge in [0.2, 0.25) is 0 Å². The normalized spacial score (nSPS) is 19.3. The van der Waals surface area contributed by atoms with E-state index < -0.39 is 0 Å². The fourth-order valence-electron chi connectivity index (χ4n) is 3.30. The van der Waals surface area contributed by atoms with Crippen molar-refractivity contribution in [2.75, 3.05) is 13.1 Å². The highest BCUT2D eigenvalue weighted by molar-refractivity contribution is 7.10. The van der Waals surface area contributed by atoms with E-state index in [9.17, 15) is 0 Å². The Balaban J connectivity index is 1.75. The van der Waals surface area contributed by atoms with E-state index in [4.69, 9.17) is 9.98 Å². The Hall–Kier alpha value is -2.80. The molecule has 3 aromatic rings. The van der Waals surface area contributed by atoms with Gasteiger partial charge in [0, 0.05) is 49.2 Å². The molecule has 0 radical (unpaired) electrons. The molecule has 1 saturated heterocycles. The van der Waals surface area contributed by atoms with Crippen LogP contribution in [0.2, 0.25) is 0 Å². The topological polar surface area (TPSA) is 58.7 Å². The van der Waals surface area contributed by atoms with Crippen LogP contribution in [0.25, 0.3) is 0 Å². The number of amidine groups is 1. The number of hydrogen-bond acceptors (Lipinski definition) is 6. The lowest BCUT2D eigenvalue weighted by Gasteiger charge is -2.35. The lowest BCUT2D eigenvalue weighted by Crippen LogP contribution is -2.44. The van der Waals surface area contributed by atoms with E-state index >= 15 is 0 Å². The molecule has 3 aromatic heterocycles. The van der Waals surface area contributed by atoms with Crippen LogP contribution in [0.3, 0.4) is 0 Å². The summed E-state index contributed by atoms with van der Waals surface area (Å²) in [6.07, 6.45) is 6.73. The number of nitrogens with zero attached hydrogens (tertiary/aromatic N) is 6. The largest absolute Gasteiger partial charge is 0.358 e. The standard InChI is InChI=1S/C19H18N6S/c1-24-11-8-21-18(24)15-13-5-2-7-20-17(13)23-19(25-9-4-10-25)16(22-15)14-6-3-12-26-14/h2-3,5-8,11-12,16H,4,9-10H2,1H3. The van der Waals surface area contributed by atoms with E-state index in [-0.39, 0.29) is 6.04 Å². The molecule has 7 heteroatoms. The zero-order valence-corrected chi connectivity index (χ0v) is 15.2. The van der Waals surface area contributed by atoms with Crippen LogP contribution in [0.5, 0.6) is 0 Å². The number of aromatic nitrogens is 3. The molecule has 0 N–H and O–H groups in total. The van der Waals surface area contributed by atoms with E-state index in [2.05, 4.69) is 32.4 Å².